The van der Waals surface area contributed by atoms with E-state index >= 15 is 0 Å². The fraction of sp³-hybridized carbons (Fsp3) is 0.417. The van der Waals surface area contributed by atoms with E-state index in [0.717, 1.165) is 49.8 Å². The molecule has 2 heterocycles. The van der Waals surface area contributed by atoms with Crippen LogP contribution in [0.1, 0.15) is 29.8 Å². The van der Waals surface area contributed by atoms with Crippen molar-refractivity contribution >= 4 is 54.8 Å². The number of hydrogen-bond acceptors (Lipinski definition) is 7. The van der Waals surface area contributed by atoms with Crippen LogP contribution in [0.25, 0.3) is 10.2 Å². The van der Waals surface area contributed by atoms with E-state index in [4.69, 9.17) is 4.98 Å². The number of halogens is 1. The average molecular weight is 523 g/mol. The Morgan fingerprint density at radius 3 is 2.41 bits per heavy atom. The fourth-order valence-electron chi connectivity index (χ4n) is 3.88. The molecular formula is C24H31ClN4O3S2. The number of nitrogens with one attached hydrogen (secondary N) is 1. The smallest absolute Gasteiger partial charge is 0.251 e. The normalized spacial score (nSPS) is 14.7. The topological polar surface area (TPSA) is 82.6 Å². The van der Waals surface area contributed by atoms with Crippen molar-refractivity contribution in [1.29, 1.82) is 0 Å². The van der Waals surface area contributed by atoms with Gasteiger partial charge >= 0.3 is 0 Å². The van der Waals surface area contributed by atoms with Crippen LogP contribution in [-0.2, 0) is 16.3 Å². The molecule has 1 amide bonds. The van der Waals surface area contributed by atoms with Crippen molar-refractivity contribution in [3.05, 3.63) is 53.6 Å². The summed E-state index contributed by atoms with van der Waals surface area (Å²) in [5.41, 5.74) is 2.88. The summed E-state index contributed by atoms with van der Waals surface area (Å²) >= 11 is 1.76. The van der Waals surface area contributed by atoms with Crippen LogP contribution in [0.4, 0.5) is 5.13 Å². The van der Waals surface area contributed by atoms with Gasteiger partial charge in [0.2, 0.25) is 0 Å². The number of benzene rings is 2. The van der Waals surface area contributed by atoms with Gasteiger partial charge in [-0.25, -0.2) is 13.4 Å². The van der Waals surface area contributed by atoms with E-state index < -0.39 is 9.84 Å². The Balaban J connectivity index is 0.00000324. The third-order valence-electron chi connectivity index (χ3n) is 6.06. The molecule has 0 saturated carbocycles. The Labute approximate surface area is 211 Å². The van der Waals surface area contributed by atoms with Crippen LogP contribution in [-0.4, -0.2) is 69.2 Å². The number of fused-ring (bicyclic) bond motifs is 1. The van der Waals surface area contributed by atoms with Gasteiger partial charge in [0.1, 0.15) is 0 Å². The predicted molar refractivity (Wildman–Crippen MR) is 141 cm³/mol. The quantitative estimate of drug-likeness (QED) is 0.486. The molecule has 1 fully saturated rings. The van der Waals surface area contributed by atoms with Gasteiger partial charge in [-0.05, 0) is 48.4 Å². The lowest BCUT2D eigenvalue weighted by Crippen LogP contribution is -2.48. The fourth-order valence-corrected chi connectivity index (χ4v) is 5.85. The highest BCUT2D eigenvalue weighted by atomic mass is 35.5. The van der Waals surface area contributed by atoms with Crippen molar-refractivity contribution in [2.45, 2.75) is 25.2 Å². The summed E-state index contributed by atoms with van der Waals surface area (Å²) in [6, 6.07) is 12.6. The van der Waals surface area contributed by atoms with E-state index in [1.807, 2.05) is 0 Å². The summed E-state index contributed by atoms with van der Waals surface area (Å²) in [5.74, 6) is -0.139. The highest BCUT2D eigenvalue weighted by Gasteiger charge is 2.20. The molecule has 1 aromatic heterocycles. The second kappa shape index (κ2) is 11.5. The summed E-state index contributed by atoms with van der Waals surface area (Å²) in [6.07, 6.45) is 1.03. The number of aromatic nitrogens is 1. The maximum absolute atomic E-state index is 12.4. The van der Waals surface area contributed by atoms with E-state index in [1.165, 1.54) is 22.4 Å². The number of hydrogen-bond donors (Lipinski definition) is 1. The van der Waals surface area contributed by atoms with Gasteiger partial charge in [0.15, 0.2) is 15.0 Å². The number of carbonyl (C=O) groups is 1. The monoisotopic (exact) mass is 522 g/mol. The summed E-state index contributed by atoms with van der Waals surface area (Å²) in [5, 5.41) is 4.02. The molecule has 0 spiro atoms. The van der Waals surface area contributed by atoms with E-state index in [0.29, 0.717) is 12.1 Å². The molecule has 0 unspecified atom stereocenters. The second-order valence-corrected chi connectivity index (χ2v) is 11.5. The van der Waals surface area contributed by atoms with E-state index in [1.54, 1.807) is 30.4 Å². The van der Waals surface area contributed by atoms with Crippen molar-refractivity contribution in [3.63, 3.8) is 0 Å². The second-order valence-electron chi connectivity index (χ2n) is 8.16. The number of nitrogens with zero attached hydrogens (tertiary/aromatic N) is 3. The zero-order chi connectivity index (χ0) is 23.4. The van der Waals surface area contributed by atoms with Crippen molar-refractivity contribution in [2.24, 2.45) is 0 Å². The molecule has 1 aliphatic heterocycles. The highest BCUT2D eigenvalue weighted by Crippen LogP contribution is 2.30. The molecule has 3 aromatic rings. The minimum atomic E-state index is -3.25. The van der Waals surface area contributed by atoms with Crippen LogP contribution in [0.2, 0.25) is 0 Å². The Morgan fingerprint density at radius 2 is 1.76 bits per heavy atom. The Bertz CT molecular complexity index is 1220. The first-order chi connectivity index (χ1) is 15.9. The molecule has 10 heteroatoms. The Hall–Kier alpha value is -2.20. The van der Waals surface area contributed by atoms with Gasteiger partial charge in [0, 0.05) is 44.8 Å². The number of aryl methyl sites for hydroxylation is 1. The molecule has 184 valence electrons. The average Bonchev–Trinajstić information content (AvgIpc) is 3.27. The van der Waals surface area contributed by atoms with E-state index in [2.05, 4.69) is 40.2 Å². The summed E-state index contributed by atoms with van der Waals surface area (Å²) in [7, 11) is -3.25. The van der Waals surface area contributed by atoms with E-state index in [9.17, 15) is 13.2 Å². The van der Waals surface area contributed by atoms with Crippen LogP contribution < -0.4 is 10.2 Å². The molecule has 0 atom stereocenters. The number of piperazine rings is 1. The Kier molecular flexibility index (Phi) is 8.92. The van der Waals surface area contributed by atoms with Gasteiger partial charge in [-0.15, -0.1) is 12.4 Å². The lowest BCUT2D eigenvalue weighted by Gasteiger charge is -2.34. The molecule has 0 aliphatic carbocycles. The number of sulfone groups is 1. The molecule has 1 aliphatic rings. The van der Waals surface area contributed by atoms with Crippen LogP contribution in [0.5, 0.6) is 0 Å². The molecule has 4 rings (SSSR count). The first-order valence-corrected chi connectivity index (χ1v) is 13.8. The van der Waals surface area contributed by atoms with Crippen molar-refractivity contribution in [2.75, 3.05) is 49.9 Å². The minimum absolute atomic E-state index is 0. The van der Waals surface area contributed by atoms with Crippen LogP contribution in [0.15, 0.2) is 47.4 Å². The molecule has 2 aromatic carbocycles. The molecule has 7 nitrogen and oxygen atoms in total. The lowest BCUT2D eigenvalue weighted by molar-refractivity contribution is 0.0947. The third-order valence-corrected chi connectivity index (χ3v) is 8.89. The number of carbonyl (C=O) groups excluding carboxylic acids is 1. The standard InChI is InChI=1S/C24H30N4O3S2.ClH/c1-3-18-5-10-21-22(17-18)32-24(26-21)28-15-13-27(14-16-28)12-11-25-23(29)19-6-8-20(9-7-19)33(30,31)4-2;/h5-10,17H,3-4,11-16H2,1-2H3,(H,25,29);1H. The highest BCUT2D eigenvalue weighted by molar-refractivity contribution is 7.91. The number of amides is 1. The van der Waals surface area contributed by atoms with Gasteiger partial charge in [0.05, 0.1) is 20.9 Å². The number of thiazole rings is 1. The molecule has 1 N–H and O–H groups in total. The van der Waals surface area contributed by atoms with Crippen LogP contribution in [0, 0.1) is 0 Å². The maximum atomic E-state index is 12.4. The SMILES string of the molecule is CCc1ccc2nc(N3CCN(CCNC(=O)c4ccc(S(=O)(=O)CC)cc4)CC3)sc2c1.Cl. The first-order valence-electron chi connectivity index (χ1n) is 11.4. The summed E-state index contributed by atoms with van der Waals surface area (Å²) in [4.78, 5) is 22.1. The molecule has 34 heavy (non-hydrogen) atoms. The first kappa shape index (κ1) is 26.4. The Morgan fingerprint density at radius 1 is 1.06 bits per heavy atom. The van der Waals surface area contributed by atoms with Gasteiger partial charge in [-0.3, -0.25) is 9.69 Å². The maximum Gasteiger partial charge on any atom is 0.251 e. The third kappa shape index (κ3) is 6.07. The molecule has 1 saturated heterocycles. The zero-order valence-corrected chi connectivity index (χ0v) is 21.9. The van der Waals surface area contributed by atoms with Crippen molar-refractivity contribution in [3.8, 4) is 0 Å². The van der Waals surface area contributed by atoms with Crippen LogP contribution in [0.3, 0.4) is 0 Å². The lowest BCUT2D eigenvalue weighted by atomic mass is 10.2. The summed E-state index contributed by atoms with van der Waals surface area (Å²) in [6.45, 7) is 8.79. The van der Waals surface area contributed by atoms with Crippen LogP contribution >= 0.6 is 23.7 Å². The van der Waals surface area contributed by atoms with Gasteiger partial charge < -0.3 is 10.2 Å². The largest absolute Gasteiger partial charge is 0.351 e. The predicted octanol–water partition coefficient (Wildman–Crippen LogP) is 3.63. The molecular weight excluding hydrogens is 492 g/mol. The molecule has 0 radical (unpaired) electrons. The van der Waals surface area contributed by atoms with Gasteiger partial charge in [-0.2, -0.15) is 0 Å². The zero-order valence-electron chi connectivity index (χ0n) is 19.5. The minimum Gasteiger partial charge on any atom is -0.351 e. The van der Waals surface area contributed by atoms with E-state index in [-0.39, 0.29) is 29.0 Å². The van der Waals surface area contributed by atoms with Gasteiger partial charge in [0.25, 0.3) is 5.91 Å². The number of anilines is 1. The summed E-state index contributed by atoms with van der Waals surface area (Å²) < 4.78 is 25.0. The van der Waals surface area contributed by atoms with Crippen molar-refractivity contribution < 1.29 is 13.2 Å². The number of rotatable bonds is 8. The van der Waals surface area contributed by atoms with Gasteiger partial charge in [-0.1, -0.05) is 31.3 Å². The molecule has 0 bridgehead atoms. The van der Waals surface area contributed by atoms with Crippen molar-refractivity contribution in [1.82, 2.24) is 15.2 Å².